The van der Waals surface area contributed by atoms with Crippen LogP contribution in [0.15, 0.2) is 23.1 Å². The van der Waals surface area contributed by atoms with Crippen molar-refractivity contribution in [2.75, 3.05) is 19.6 Å². The molecule has 7 heteroatoms. The van der Waals surface area contributed by atoms with Gasteiger partial charge in [-0.25, -0.2) is 12.8 Å². The Hall–Kier alpha value is -0.690. The molecule has 4 nitrogen and oxygen atoms in total. The predicted molar refractivity (Wildman–Crippen MR) is 83.9 cm³/mol. The Bertz CT molecular complexity index is 639. The molecule has 2 aliphatic rings. The van der Waals surface area contributed by atoms with Crippen LogP contribution in [0.25, 0.3) is 0 Å². The van der Waals surface area contributed by atoms with E-state index in [1.165, 1.54) is 29.3 Å². The van der Waals surface area contributed by atoms with E-state index in [4.69, 9.17) is 11.6 Å². The number of hydrogen-bond donors (Lipinski definition) is 1. The summed E-state index contributed by atoms with van der Waals surface area (Å²) in [5.74, 6) is -0.234. The van der Waals surface area contributed by atoms with Gasteiger partial charge < -0.3 is 5.32 Å². The molecule has 2 fully saturated rings. The van der Waals surface area contributed by atoms with Crippen molar-refractivity contribution in [3.8, 4) is 0 Å². The number of hydrogen-bond acceptors (Lipinski definition) is 3. The molecule has 2 heterocycles. The molecule has 122 valence electrons. The van der Waals surface area contributed by atoms with Gasteiger partial charge >= 0.3 is 0 Å². The van der Waals surface area contributed by atoms with Gasteiger partial charge in [-0.3, -0.25) is 0 Å². The van der Waals surface area contributed by atoms with Gasteiger partial charge in [0.25, 0.3) is 0 Å². The van der Waals surface area contributed by atoms with Crippen LogP contribution in [0.5, 0.6) is 0 Å². The summed E-state index contributed by atoms with van der Waals surface area (Å²) in [5.41, 5.74) is 0. The zero-order valence-electron chi connectivity index (χ0n) is 12.3. The molecule has 1 aromatic rings. The van der Waals surface area contributed by atoms with Crippen LogP contribution >= 0.6 is 11.6 Å². The minimum absolute atomic E-state index is 0.227. The SMILES string of the molecule is O=S(=O)(c1cc(Cl)ccc1F)N1CCC(C2CCCN2)CC1. The van der Waals surface area contributed by atoms with Crippen molar-refractivity contribution in [1.29, 1.82) is 0 Å². The van der Waals surface area contributed by atoms with Crippen molar-refractivity contribution in [3.05, 3.63) is 29.0 Å². The molecule has 1 unspecified atom stereocenters. The summed E-state index contributed by atoms with van der Waals surface area (Å²) in [5, 5.41) is 3.71. The first-order valence-electron chi connectivity index (χ1n) is 7.67. The number of piperidine rings is 1. The maximum absolute atomic E-state index is 13.9. The molecule has 0 aliphatic carbocycles. The predicted octanol–water partition coefficient (Wildman–Crippen LogP) is 2.63. The minimum atomic E-state index is -3.81. The van der Waals surface area contributed by atoms with Crippen molar-refractivity contribution >= 4 is 21.6 Å². The minimum Gasteiger partial charge on any atom is -0.314 e. The summed E-state index contributed by atoms with van der Waals surface area (Å²) in [4.78, 5) is -0.322. The van der Waals surface area contributed by atoms with Crippen LogP contribution in [0.2, 0.25) is 5.02 Å². The number of sulfonamides is 1. The third kappa shape index (κ3) is 3.15. The summed E-state index contributed by atoms with van der Waals surface area (Å²) < 4.78 is 40.5. The number of nitrogens with one attached hydrogen (secondary N) is 1. The maximum Gasteiger partial charge on any atom is 0.246 e. The molecule has 0 radical (unpaired) electrons. The third-order valence-electron chi connectivity index (χ3n) is 4.68. The molecule has 0 bridgehead atoms. The summed E-state index contributed by atoms with van der Waals surface area (Å²) in [7, 11) is -3.81. The van der Waals surface area contributed by atoms with E-state index in [0.717, 1.165) is 25.5 Å². The summed E-state index contributed by atoms with van der Waals surface area (Å²) in [6, 6.07) is 4.16. The fourth-order valence-electron chi connectivity index (χ4n) is 3.45. The second kappa shape index (κ2) is 6.43. The van der Waals surface area contributed by atoms with E-state index in [0.29, 0.717) is 25.0 Å². The van der Waals surface area contributed by atoms with Gasteiger partial charge in [0.2, 0.25) is 10.0 Å². The van der Waals surface area contributed by atoms with Crippen LogP contribution in [0.3, 0.4) is 0 Å². The monoisotopic (exact) mass is 346 g/mol. The van der Waals surface area contributed by atoms with Gasteiger partial charge in [0, 0.05) is 24.2 Å². The van der Waals surface area contributed by atoms with Gasteiger partial charge in [0.1, 0.15) is 10.7 Å². The Balaban J connectivity index is 1.73. The van der Waals surface area contributed by atoms with Gasteiger partial charge in [-0.15, -0.1) is 0 Å². The lowest BCUT2D eigenvalue weighted by Crippen LogP contribution is -2.43. The second-order valence-electron chi connectivity index (χ2n) is 6.02. The van der Waals surface area contributed by atoms with Gasteiger partial charge in [0.15, 0.2) is 0 Å². The third-order valence-corrected chi connectivity index (χ3v) is 6.83. The van der Waals surface area contributed by atoms with Crippen LogP contribution in [0, 0.1) is 11.7 Å². The molecule has 0 saturated carbocycles. The second-order valence-corrected chi connectivity index (χ2v) is 8.36. The normalized spacial score (nSPS) is 24.7. The molecule has 0 spiro atoms. The van der Waals surface area contributed by atoms with Crippen LogP contribution in [0.1, 0.15) is 25.7 Å². The first-order chi connectivity index (χ1) is 10.5. The first-order valence-corrected chi connectivity index (χ1v) is 9.49. The van der Waals surface area contributed by atoms with Crippen LogP contribution in [-0.4, -0.2) is 38.4 Å². The number of nitrogens with zero attached hydrogens (tertiary/aromatic N) is 1. The van der Waals surface area contributed by atoms with Gasteiger partial charge in [-0.05, 0) is 56.3 Å². The average Bonchev–Trinajstić information content (AvgIpc) is 3.04. The lowest BCUT2D eigenvalue weighted by molar-refractivity contribution is 0.233. The number of rotatable bonds is 3. The lowest BCUT2D eigenvalue weighted by atomic mass is 9.89. The number of halogens is 2. The Kier molecular flexibility index (Phi) is 4.73. The van der Waals surface area contributed by atoms with Crippen molar-refractivity contribution in [1.82, 2.24) is 9.62 Å². The molecule has 2 saturated heterocycles. The highest BCUT2D eigenvalue weighted by Gasteiger charge is 2.34. The molecule has 3 rings (SSSR count). The van der Waals surface area contributed by atoms with E-state index in [-0.39, 0.29) is 9.92 Å². The summed E-state index contributed by atoms with van der Waals surface area (Å²) in [6.07, 6.45) is 4.00. The lowest BCUT2D eigenvalue weighted by Gasteiger charge is -2.34. The Labute approximate surface area is 135 Å². The van der Waals surface area contributed by atoms with E-state index in [9.17, 15) is 12.8 Å². The quantitative estimate of drug-likeness (QED) is 0.915. The highest BCUT2D eigenvalue weighted by Crippen LogP contribution is 2.30. The van der Waals surface area contributed by atoms with Gasteiger partial charge in [-0.1, -0.05) is 11.6 Å². The molecule has 0 amide bonds. The Morgan fingerprint density at radius 1 is 1.23 bits per heavy atom. The van der Waals surface area contributed by atoms with Gasteiger partial charge in [0.05, 0.1) is 0 Å². The molecule has 1 atom stereocenters. The van der Waals surface area contributed by atoms with Crippen molar-refractivity contribution < 1.29 is 12.8 Å². The topological polar surface area (TPSA) is 49.4 Å². The molecule has 1 N–H and O–H groups in total. The van der Waals surface area contributed by atoms with E-state index >= 15 is 0 Å². The van der Waals surface area contributed by atoms with Crippen molar-refractivity contribution in [3.63, 3.8) is 0 Å². The van der Waals surface area contributed by atoms with Crippen LogP contribution in [0.4, 0.5) is 4.39 Å². The molecule has 2 aliphatic heterocycles. The molecule has 1 aromatic carbocycles. The Morgan fingerprint density at radius 3 is 2.59 bits per heavy atom. The Morgan fingerprint density at radius 2 is 1.95 bits per heavy atom. The average molecular weight is 347 g/mol. The highest BCUT2D eigenvalue weighted by atomic mass is 35.5. The van der Waals surface area contributed by atoms with Gasteiger partial charge in [-0.2, -0.15) is 4.31 Å². The van der Waals surface area contributed by atoms with Crippen LogP contribution in [-0.2, 0) is 10.0 Å². The van der Waals surface area contributed by atoms with Crippen molar-refractivity contribution in [2.24, 2.45) is 5.92 Å². The molecular formula is C15H20ClFN2O2S. The smallest absolute Gasteiger partial charge is 0.246 e. The van der Waals surface area contributed by atoms with E-state index in [1.54, 1.807) is 0 Å². The highest BCUT2D eigenvalue weighted by molar-refractivity contribution is 7.89. The first kappa shape index (κ1) is 16.2. The standard InChI is InChI=1S/C15H20ClFN2O2S/c16-12-3-4-13(17)15(10-12)22(20,21)19-8-5-11(6-9-19)14-2-1-7-18-14/h3-4,10-11,14,18H,1-2,5-9H2. The number of benzene rings is 1. The van der Waals surface area contributed by atoms with E-state index in [1.807, 2.05) is 0 Å². The molecule has 22 heavy (non-hydrogen) atoms. The van der Waals surface area contributed by atoms with Crippen LogP contribution < -0.4 is 5.32 Å². The fraction of sp³-hybridized carbons (Fsp3) is 0.600. The van der Waals surface area contributed by atoms with Crippen molar-refractivity contribution in [2.45, 2.75) is 36.6 Å². The zero-order valence-corrected chi connectivity index (χ0v) is 13.8. The summed E-state index contributed by atoms with van der Waals surface area (Å²) >= 11 is 5.81. The zero-order chi connectivity index (χ0) is 15.7. The largest absolute Gasteiger partial charge is 0.314 e. The summed E-state index contributed by atoms with van der Waals surface area (Å²) in [6.45, 7) is 1.94. The molecular weight excluding hydrogens is 327 g/mol. The maximum atomic E-state index is 13.9. The fourth-order valence-corrected chi connectivity index (χ4v) is 5.24. The van der Waals surface area contributed by atoms with E-state index in [2.05, 4.69) is 5.32 Å². The molecule has 0 aromatic heterocycles. The van der Waals surface area contributed by atoms with E-state index < -0.39 is 15.8 Å².